The number of rotatable bonds is 2. The molecule has 1 heteroatoms. The van der Waals surface area contributed by atoms with E-state index in [0.29, 0.717) is 0 Å². The summed E-state index contributed by atoms with van der Waals surface area (Å²) in [6.07, 6.45) is 6.95. The van der Waals surface area contributed by atoms with Gasteiger partial charge in [-0.1, -0.05) is 29.3 Å². The fourth-order valence-corrected chi connectivity index (χ4v) is 3.14. The quantitative estimate of drug-likeness (QED) is 0.517. The second-order valence-electron chi connectivity index (χ2n) is 5.29. The molecular formula is C16H21Cl. The predicted octanol–water partition coefficient (Wildman–Crippen LogP) is 4.87. The number of aryl methyl sites for hydroxylation is 3. The number of hydrogen-bond donors (Lipinski definition) is 0. The van der Waals surface area contributed by atoms with Gasteiger partial charge < -0.3 is 0 Å². The van der Waals surface area contributed by atoms with Crippen LogP contribution in [0, 0.1) is 20.8 Å². The summed E-state index contributed by atoms with van der Waals surface area (Å²) in [6.45, 7) is 6.60. The van der Waals surface area contributed by atoms with Crippen molar-refractivity contribution in [1.29, 1.82) is 0 Å². The average molecular weight is 249 g/mol. The molecule has 0 radical (unpaired) electrons. The van der Waals surface area contributed by atoms with Gasteiger partial charge in [0.2, 0.25) is 0 Å². The predicted molar refractivity (Wildman–Crippen MR) is 75.9 cm³/mol. The van der Waals surface area contributed by atoms with Gasteiger partial charge in [0.25, 0.3) is 0 Å². The Morgan fingerprint density at radius 1 is 1.18 bits per heavy atom. The van der Waals surface area contributed by atoms with Crippen LogP contribution in [0.15, 0.2) is 23.8 Å². The van der Waals surface area contributed by atoms with E-state index in [1.807, 2.05) is 0 Å². The minimum absolute atomic E-state index is 0.254. The van der Waals surface area contributed by atoms with E-state index in [1.165, 1.54) is 40.7 Å². The lowest BCUT2D eigenvalue weighted by molar-refractivity contribution is 0.692. The van der Waals surface area contributed by atoms with Gasteiger partial charge in [-0.05, 0) is 63.1 Å². The van der Waals surface area contributed by atoms with E-state index in [1.54, 1.807) is 0 Å². The third kappa shape index (κ3) is 3.13. The molecule has 0 spiro atoms. The standard InChI is InChI=1S/C16H21Cl/c1-11-7-12(2)16(13(3)8-11)10-14-5-4-6-15(17)9-14/h7-9,15H,4-6,10H2,1-3H3. The van der Waals surface area contributed by atoms with Crippen molar-refractivity contribution < 1.29 is 0 Å². The van der Waals surface area contributed by atoms with E-state index in [2.05, 4.69) is 39.0 Å². The highest BCUT2D eigenvalue weighted by Gasteiger charge is 2.13. The molecule has 17 heavy (non-hydrogen) atoms. The molecule has 1 aromatic rings. The molecule has 0 N–H and O–H groups in total. The van der Waals surface area contributed by atoms with Crippen molar-refractivity contribution in [3.05, 3.63) is 46.0 Å². The molecule has 0 amide bonds. The van der Waals surface area contributed by atoms with E-state index >= 15 is 0 Å². The van der Waals surface area contributed by atoms with E-state index in [0.717, 1.165) is 12.8 Å². The summed E-state index contributed by atoms with van der Waals surface area (Å²) in [5.74, 6) is 0. The zero-order valence-electron chi connectivity index (χ0n) is 11.0. The van der Waals surface area contributed by atoms with Gasteiger partial charge in [-0.3, -0.25) is 0 Å². The third-order valence-corrected chi connectivity index (χ3v) is 3.98. The fourth-order valence-electron chi connectivity index (χ4n) is 2.81. The van der Waals surface area contributed by atoms with Crippen LogP contribution in [0.4, 0.5) is 0 Å². The lowest BCUT2D eigenvalue weighted by atomic mass is 9.89. The topological polar surface area (TPSA) is 0 Å². The third-order valence-electron chi connectivity index (χ3n) is 3.64. The number of benzene rings is 1. The molecule has 92 valence electrons. The lowest BCUT2D eigenvalue weighted by Crippen LogP contribution is -2.06. The van der Waals surface area contributed by atoms with Gasteiger partial charge in [-0.2, -0.15) is 0 Å². The molecule has 0 fully saturated rings. The van der Waals surface area contributed by atoms with Crippen LogP contribution in [-0.4, -0.2) is 5.38 Å². The Morgan fingerprint density at radius 3 is 2.41 bits per heavy atom. The van der Waals surface area contributed by atoms with Crippen LogP contribution >= 0.6 is 11.6 Å². The van der Waals surface area contributed by atoms with Crippen molar-refractivity contribution in [2.75, 3.05) is 0 Å². The van der Waals surface area contributed by atoms with E-state index in [4.69, 9.17) is 11.6 Å². The summed E-state index contributed by atoms with van der Waals surface area (Å²) in [7, 11) is 0. The van der Waals surface area contributed by atoms with Gasteiger partial charge in [0.1, 0.15) is 0 Å². The van der Waals surface area contributed by atoms with Crippen LogP contribution in [-0.2, 0) is 6.42 Å². The average Bonchev–Trinajstić information content (AvgIpc) is 2.23. The van der Waals surface area contributed by atoms with Crippen LogP contribution in [0.1, 0.15) is 41.5 Å². The molecule has 2 rings (SSSR count). The molecule has 0 aromatic heterocycles. The van der Waals surface area contributed by atoms with Gasteiger partial charge in [0.05, 0.1) is 5.38 Å². The number of hydrogen-bond acceptors (Lipinski definition) is 0. The molecule has 0 bridgehead atoms. The summed E-state index contributed by atoms with van der Waals surface area (Å²) < 4.78 is 0. The molecular weight excluding hydrogens is 228 g/mol. The largest absolute Gasteiger partial charge is 0.118 e. The Hall–Kier alpha value is -0.750. The molecule has 1 aliphatic rings. The van der Waals surface area contributed by atoms with E-state index in [9.17, 15) is 0 Å². The van der Waals surface area contributed by atoms with Crippen molar-refractivity contribution in [2.24, 2.45) is 0 Å². The Labute approximate surface area is 110 Å². The minimum atomic E-state index is 0.254. The van der Waals surface area contributed by atoms with Crippen LogP contribution in [0.3, 0.4) is 0 Å². The summed E-state index contributed by atoms with van der Waals surface area (Å²) in [6, 6.07) is 4.56. The molecule has 1 unspecified atom stereocenters. The normalized spacial score (nSPS) is 20.2. The van der Waals surface area contributed by atoms with E-state index in [-0.39, 0.29) is 5.38 Å². The first-order valence-corrected chi connectivity index (χ1v) is 6.90. The molecule has 0 aliphatic heterocycles. The molecule has 0 saturated carbocycles. The second kappa shape index (κ2) is 5.27. The highest BCUT2D eigenvalue weighted by Crippen LogP contribution is 2.27. The molecule has 1 aromatic carbocycles. The number of alkyl halides is 1. The highest BCUT2D eigenvalue weighted by molar-refractivity contribution is 6.21. The highest BCUT2D eigenvalue weighted by atomic mass is 35.5. The summed E-state index contributed by atoms with van der Waals surface area (Å²) >= 11 is 6.21. The summed E-state index contributed by atoms with van der Waals surface area (Å²) in [5, 5.41) is 0.254. The number of allylic oxidation sites excluding steroid dienone is 2. The maximum atomic E-state index is 6.21. The first kappa shape index (κ1) is 12.7. The van der Waals surface area contributed by atoms with Gasteiger partial charge in [0, 0.05) is 0 Å². The fraction of sp³-hybridized carbons (Fsp3) is 0.500. The maximum Gasteiger partial charge on any atom is 0.0518 e. The molecule has 0 nitrogen and oxygen atoms in total. The zero-order chi connectivity index (χ0) is 12.4. The van der Waals surface area contributed by atoms with Crippen LogP contribution in [0.2, 0.25) is 0 Å². The van der Waals surface area contributed by atoms with Crippen molar-refractivity contribution >= 4 is 11.6 Å². The van der Waals surface area contributed by atoms with Crippen molar-refractivity contribution in [2.45, 2.75) is 51.8 Å². The molecule has 1 atom stereocenters. The second-order valence-corrected chi connectivity index (χ2v) is 5.85. The Kier molecular flexibility index (Phi) is 3.93. The first-order valence-electron chi connectivity index (χ1n) is 6.46. The lowest BCUT2D eigenvalue weighted by Gasteiger charge is -2.19. The van der Waals surface area contributed by atoms with Crippen molar-refractivity contribution in [3.8, 4) is 0 Å². The Bertz CT molecular complexity index is 420. The molecule has 0 heterocycles. The Balaban J connectivity index is 2.24. The van der Waals surface area contributed by atoms with Gasteiger partial charge >= 0.3 is 0 Å². The monoisotopic (exact) mass is 248 g/mol. The van der Waals surface area contributed by atoms with Gasteiger partial charge in [-0.25, -0.2) is 0 Å². The van der Waals surface area contributed by atoms with E-state index < -0.39 is 0 Å². The van der Waals surface area contributed by atoms with Crippen molar-refractivity contribution in [3.63, 3.8) is 0 Å². The first-order chi connectivity index (χ1) is 8.06. The van der Waals surface area contributed by atoms with Gasteiger partial charge in [0.15, 0.2) is 0 Å². The SMILES string of the molecule is Cc1cc(C)c(CC2=CC(Cl)CCC2)c(C)c1. The van der Waals surface area contributed by atoms with Crippen LogP contribution in [0.25, 0.3) is 0 Å². The van der Waals surface area contributed by atoms with Crippen LogP contribution < -0.4 is 0 Å². The smallest absolute Gasteiger partial charge is 0.0518 e. The zero-order valence-corrected chi connectivity index (χ0v) is 11.8. The molecule has 0 saturated heterocycles. The summed E-state index contributed by atoms with van der Waals surface area (Å²) in [4.78, 5) is 0. The van der Waals surface area contributed by atoms with Crippen molar-refractivity contribution in [1.82, 2.24) is 0 Å². The molecule has 1 aliphatic carbocycles. The Morgan fingerprint density at radius 2 is 1.82 bits per heavy atom. The number of halogens is 1. The minimum Gasteiger partial charge on any atom is -0.118 e. The summed E-state index contributed by atoms with van der Waals surface area (Å²) in [5.41, 5.74) is 7.20. The van der Waals surface area contributed by atoms with Gasteiger partial charge in [-0.15, -0.1) is 11.6 Å². The van der Waals surface area contributed by atoms with Crippen LogP contribution in [0.5, 0.6) is 0 Å². The maximum absolute atomic E-state index is 6.21.